The third-order valence-electron chi connectivity index (χ3n) is 3.88. The van der Waals surface area contributed by atoms with Crippen molar-refractivity contribution in [2.45, 2.75) is 43.5 Å². The van der Waals surface area contributed by atoms with E-state index in [2.05, 4.69) is 27.4 Å². The zero-order valence-electron chi connectivity index (χ0n) is 10.2. The number of hydrogen-bond donors (Lipinski definition) is 1. The summed E-state index contributed by atoms with van der Waals surface area (Å²) in [5, 5.41) is 12.7. The Morgan fingerprint density at radius 3 is 2.44 bits per heavy atom. The molecule has 0 atom stereocenters. The molecule has 100 valence electrons. The maximum atomic E-state index is 10.7. The van der Waals surface area contributed by atoms with Crippen molar-refractivity contribution in [3.8, 4) is 0 Å². The van der Waals surface area contributed by atoms with Crippen LogP contribution in [0.2, 0.25) is 0 Å². The highest BCUT2D eigenvalue weighted by atomic mass is 79.9. The standard InChI is InChI=1S/C13H17BrO3S/c14-10-7-11(18-9-10)8-12(15)1-3-13(4-2-12)16-5-6-17-13/h7,9,15H,1-6,8H2. The lowest BCUT2D eigenvalue weighted by Crippen LogP contribution is -2.44. The molecule has 1 saturated heterocycles. The zero-order chi connectivity index (χ0) is 12.6. The average Bonchev–Trinajstić information content (AvgIpc) is 2.94. The van der Waals surface area contributed by atoms with E-state index in [0.29, 0.717) is 13.2 Å². The Balaban J connectivity index is 1.63. The lowest BCUT2D eigenvalue weighted by Gasteiger charge is -2.40. The smallest absolute Gasteiger partial charge is 0.168 e. The molecule has 18 heavy (non-hydrogen) atoms. The summed E-state index contributed by atoms with van der Waals surface area (Å²) in [5.74, 6) is -0.387. The third-order valence-corrected chi connectivity index (χ3v) is 5.58. The summed E-state index contributed by atoms with van der Waals surface area (Å²) in [5.41, 5.74) is -0.592. The summed E-state index contributed by atoms with van der Waals surface area (Å²) in [4.78, 5) is 1.23. The fraction of sp³-hybridized carbons (Fsp3) is 0.692. The Bertz CT molecular complexity index is 416. The lowest BCUT2D eigenvalue weighted by molar-refractivity contribution is -0.202. The van der Waals surface area contributed by atoms with Crippen LogP contribution in [0.3, 0.4) is 0 Å². The van der Waals surface area contributed by atoms with Gasteiger partial charge in [-0.1, -0.05) is 0 Å². The van der Waals surface area contributed by atoms with Crippen LogP contribution in [0.5, 0.6) is 0 Å². The van der Waals surface area contributed by atoms with Crippen LogP contribution in [0, 0.1) is 0 Å². The molecular weight excluding hydrogens is 316 g/mol. The van der Waals surface area contributed by atoms with Crippen LogP contribution in [-0.4, -0.2) is 29.7 Å². The van der Waals surface area contributed by atoms with Gasteiger partial charge in [0.25, 0.3) is 0 Å². The van der Waals surface area contributed by atoms with E-state index in [1.807, 2.05) is 0 Å². The molecule has 0 aromatic carbocycles. The second-order valence-corrected chi connectivity index (χ2v) is 7.15. The van der Waals surface area contributed by atoms with Gasteiger partial charge in [-0.25, -0.2) is 0 Å². The second kappa shape index (κ2) is 4.87. The second-order valence-electron chi connectivity index (χ2n) is 5.24. The van der Waals surface area contributed by atoms with Crippen LogP contribution in [0.15, 0.2) is 15.9 Å². The first-order valence-corrected chi connectivity index (χ1v) is 8.00. The molecule has 1 aliphatic heterocycles. The lowest BCUT2D eigenvalue weighted by atomic mass is 9.79. The van der Waals surface area contributed by atoms with Crippen LogP contribution in [0.4, 0.5) is 0 Å². The van der Waals surface area contributed by atoms with E-state index < -0.39 is 5.60 Å². The number of halogens is 1. The van der Waals surface area contributed by atoms with Crippen molar-refractivity contribution in [2.75, 3.05) is 13.2 Å². The summed E-state index contributed by atoms with van der Waals surface area (Å²) in [6.45, 7) is 1.38. The molecule has 1 spiro atoms. The number of rotatable bonds is 2. The van der Waals surface area contributed by atoms with Gasteiger partial charge < -0.3 is 14.6 Å². The fourth-order valence-electron chi connectivity index (χ4n) is 2.83. The molecule has 3 rings (SSSR count). The third kappa shape index (κ3) is 2.65. The Morgan fingerprint density at radius 1 is 1.22 bits per heavy atom. The highest BCUT2D eigenvalue weighted by Crippen LogP contribution is 2.42. The van der Waals surface area contributed by atoms with Crippen molar-refractivity contribution in [1.82, 2.24) is 0 Å². The van der Waals surface area contributed by atoms with E-state index in [9.17, 15) is 5.11 Å². The number of thiophene rings is 1. The van der Waals surface area contributed by atoms with Gasteiger partial charge in [-0.05, 0) is 34.8 Å². The molecule has 0 amide bonds. The van der Waals surface area contributed by atoms with Crippen molar-refractivity contribution >= 4 is 27.3 Å². The Labute approximate surface area is 119 Å². The predicted octanol–water partition coefficient (Wildman–Crippen LogP) is 3.10. The van der Waals surface area contributed by atoms with Crippen molar-refractivity contribution in [3.63, 3.8) is 0 Å². The molecule has 1 aromatic rings. The predicted molar refractivity (Wildman–Crippen MR) is 73.8 cm³/mol. The Morgan fingerprint density at radius 2 is 1.89 bits per heavy atom. The van der Waals surface area contributed by atoms with Gasteiger partial charge in [0, 0.05) is 34.0 Å². The first kappa shape index (κ1) is 13.1. The first-order chi connectivity index (χ1) is 8.59. The van der Waals surface area contributed by atoms with Crippen LogP contribution >= 0.6 is 27.3 Å². The van der Waals surface area contributed by atoms with Crippen molar-refractivity contribution < 1.29 is 14.6 Å². The fourth-order valence-corrected chi connectivity index (χ4v) is 4.42. The van der Waals surface area contributed by atoms with E-state index in [1.165, 1.54) is 4.88 Å². The van der Waals surface area contributed by atoms with Crippen molar-refractivity contribution in [1.29, 1.82) is 0 Å². The summed E-state index contributed by atoms with van der Waals surface area (Å²) in [7, 11) is 0. The maximum Gasteiger partial charge on any atom is 0.168 e. The molecule has 1 saturated carbocycles. The highest BCUT2D eigenvalue weighted by molar-refractivity contribution is 9.10. The monoisotopic (exact) mass is 332 g/mol. The minimum Gasteiger partial charge on any atom is -0.390 e. The van der Waals surface area contributed by atoms with Crippen LogP contribution in [0.25, 0.3) is 0 Å². The van der Waals surface area contributed by atoms with E-state index >= 15 is 0 Å². The quantitative estimate of drug-likeness (QED) is 0.904. The van der Waals surface area contributed by atoms with Gasteiger partial charge in [0.05, 0.1) is 18.8 Å². The van der Waals surface area contributed by atoms with E-state index in [1.54, 1.807) is 11.3 Å². The van der Waals surface area contributed by atoms with Gasteiger partial charge in [-0.15, -0.1) is 11.3 Å². The zero-order valence-corrected chi connectivity index (χ0v) is 12.6. The Hall–Kier alpha value is 0.0600. The van der Waals surface area contributed by atoms with Gasteiger partial charge in [-0.2, -0.15) is 0 Å². The molecule has 3 nitrogen and oxygen atoms in total. The summed E-state index contributed by atoms with van der Waals surface area (Å²) in [6, 6.07) is 2.09. The van der Waals surface area contributed by atoms with Gasteiger partial charge in [0.2, 0.25) is 0 Å². The Kier molecular flexibility index (Phi) is 3.53. The largest absolute Gasteiger partial charge is 0.390 e. The molecule has 2 heterocycles. The van der Waals surface area contributed by atoms with Crippen molar-refractivity contribution in [3.05, 3.63) is 20.8 Å². The van der Waals surface area contributed by atoms with Crippen molar-refractivity contribution in [2.24, 2.45) is 0 Å². The molecule has 5 heteroatoms. The molecule has 2 fully saturated rings. The topological polar surface area (TPSA) is 38.7 Å². The van der Waals surface area contributed by atoms with E-state index in [0.717, 1.165) is 36.6 Å². The normalized spacial score (nSPS) is 25.7. The molecule has 1 aliphatic carbocycles. The molecule has 1 aromatic heterocycles. The van der Waals surface area contributed by atoms with Crippen LogP contribution in [0.1, 0.15) is 30.6 Å². The van der Waals surface area contributed by atoms with E-state index in [-0.39, 0.29) is 5.79 Å². The SMILES string of the molecule is OC1(Cc2cc(Br)cs2)CCC2(CC1)OCCO2. The summed E-state index contributed by atoms with van der Waals surface area (Å²) >= 11 is 5.15. The van der Waals surface area contributed by atoms with Gasteiger partial charge >= 0.3 is 0 Å². The minimum absolute atomic E-state index is 0.387. The number of ether oxygens (including phenoxy) is 2. The van der Waals surface area contributed by atoms with Crippen LogP contribution < -0.4 is 0 Å². The van der Waals surface area contributed by atoms with Gasteiger partial charge in [0.15, 0.2) is 5.79 Å². The molecule has 0 bridgehead atoms. The van der Waals surface area contributed by atoms with Gasteiger partial charge in [0.1, 0.15) is 0 Å². The highest BCUT2D eigenvalue weighted by Gasteiger charge is 2.45. The summed E-state index contributed by atoms with van der Waals surface area (Å²) < 4.78 is 12.5. The summed E-state index contributed by atoms with van der Waals surface area (Å²) in [6.07, 6.45) is 3.84. The molecule has 0 unspecified atom stereocenters. The molecular formula is C13H17BrO3S. The minimum atomic E-state index is -0.592. The molecule has 0 radical (unpaired) electrons. The molecule has 1 N–H and O–H groups in total. The molecule has 2 aliphatic rings. The maximum absolute atomic E-state index is 10.7. The van der Waals surface area contributed by atoms with E-state index in [4.69, 9.17) is 9.47 Å². The van der Waals surface area contributed by atoms with Gasteiger partial charge in [-0.3, -0.25) is 0 Å². The first-order valence-electron chi connectivity index (χ1n) is 6.33. The number of aliphatic hydroxyl groups is 1. The number of hydrogen-bond acceptors (Lipinski definition) is 4. The average molecular weight is 333 g/mol. The van der Waals surface area contributed by atoms with Crippen LogP contribution in [-0.2, 0) is 15.9 Å².